The largest absolute Gasteiger partial charge is 0.493 e. The SMILES string of the molecule is COc1ccc(Nc2ncc([N+](=O)[O-])c(NC3CC3)n2)cc1OCC1CCCO1. The van der Waals surface area contributed by atoms with Crippen molar-refractivity contribution < 1.29 is 19.1 Å². The molecule has 1 unspecified atom stereocenters. The van der Waals surface area contributed by atoms with E-state index in [2.05, 4.69) is 20.6 Å². The summed E-state index contributed by atoms with van der Waals surface area (Å²) >= 11 is 0. The Labute approximate surface area is 167 Å². The van der Waals surface area contributed by atoms with E-state index in [9.17, 15) is 10.1 Å². The summed E-state index contributed by atoms with van der Waals surface area (Å²) < 4.78 is 16.9. The van der Waals surface area contributed by atoms with E-state index >= 15 is 0 Å². The molecule has 1 atom stereocenters. The van der Waals surface area contributed by atoms with Crippen LogP contribution in [0.15, 0.2) is 24.4 Å². The molecular formula is C19H23N5O5. The highest BCUT2D eigenvalue weighted by Crippen LogP contribution is 2.33. The quantitative estimate of drug-likeness (QED) is 0.481. The number of ether oxygens (including phenoxy) is 3. The number of nitro groups is 1. The van der Waals surface area contributed by atoms with Gasteiger partial charge in [0.1, 0.15) is 12.8 Å². The van der Waals surface area contributed by atoms with Gasteiger partial charge in [-0.05, 0) is 37.8 Å². The lowest BCUT2D eigenvalue weighted by Gasteiger charge is -2.15. The smallest absolute Gasteiger partial charge is 0.329 e. The predicted molar refractivity (Wildman–Crippen MR) is 106 cm³/mol. The van der Waals surface area contributed by atoms with Gasteiger partial charge >= 0.3 is 5.69 Å². The molecule has 0 radical (unpaired) electrons. The zero-order valence-electron chi connectivity index (χ0n) is 16.1. The number of benzene rings is 1. The zero-order valence-corrected chi connectivity index (χ0v) is 16.1. The molecular weight excluding hydrogens is 378 g/mol. The van der Waals surface area contributed by atoms with Crippen molar-refractivity contribution in [3.05, 3.63) is 34.5 Å². The molecule has 0 bridgehead atoms. The van der Waals surface area contributed by atoms with E-state index in [0.717, 1.165) is 32.3 Å². The van der Waals surface area contributed by atoms with Crippen LogP contribution in [0.4, 0.5) is 23.1 Å². The van der Waals surface area contributed by atoms with Crippen LogP contribution < -0.4 is 20.1 Å². The van der Waals surface area contributed by atoms with Crippen molar-refractivity contribution >= 4 is 23.1 Å². The predicted octanol–water partition coefficient (Wildman–Crippen LogP) is 3.27. The Kier molecular flexibility index (Phi) is 5.61. The summed E-state index contributed by atoms with van der Waals surface area (Å²) in [7, 11) is 1.58. The van der Waals surface area contributed by atoms with E-state index in [4.69, 9.17) is 14.2 Å². The minimum absolute atomic E-state index is 0.0883. The summed E-state index contributed by atoms with van der Waals surface area (Å²) in [5.41, 5.74) is 0.539. The van der Waals surface area contributed by atoms with Gasteiger partial charge in [-0.2, -0.15) is 4.98 Å². The maximum atomic E-state index is 11.2. The lowest BCUT2D eigenvalue weighted by molar-refractivity contribution is -0.384. The standard InChI is InChI=1S/C19H23N5O5/c1-27-16-7-6-13(9-17(16)29-11-14-3-2-8-28-14)22-19-20-10-15(24(25)26)18(23-19)21-12-4-5-12/h6-7,9-10,12,14H,2-5,8,11H2,1H3,(H2,20,21,22,23). The Hall–Kier alpha value is -3.14. The number of rotatable bonds is 9. The van der Waals surface area contributed by atoms with Gasteiger partial charge in [0.05, 0.1) is 18.1 Å². The molecule has 2 aliphatic rings. The van der Waals surface area contributed by atoms with Crippen LogP contribution in [0.3, 0.4) is 0 Å². The molecule has 2 heterocycles. The van der Waals surface area contributed by atoms with Crippen LogP contribution in [-0.2, 0) is 4.74 Å². The monoisotopic (exact) mass is 401 g/mol. The fourth-order valence-electron chi connectivity index (χ4n) is 3.05. The summed E-state index contributed by atoms with van der Waals surface area (Å²) in [5.74, 6) is 1.66. The third-order valence-electron chi connectivity index (χ3n) is 4.75. The molecule has 2 aromatic rings. The van der Waals surface area contributed by atoms with Crippen molar-refractivity contribution in [1.29, 1.82) is 0 Å². The van der Waals surface area contributed by atoms with Crippen LogP contribution in [-0.4, -0.2) is 47.4 Å². The number of anilines is 3. The first-order chi connectivity index (χ1) is 14.1. The van der Waals surface area contributed by atoms with E-state index in [0.29, 0.717) is 23.8 Å². The lowest BCUT2D eigenvalue weighted by Crippen LogP contribution is -2.16. The molecule has 29 heavy (non-hydrogen) atoms. The van der Waals surface area contributed by atoms with Gasteiger partial charge in [0.2, 0.25) is 11.8 Å². The highest BCUT2D eigenvalue weighted by atomic mass is 16.6. The first kappa shape index (κ1) is 19.2. The fourth-order valence-corrected chi connectivity index (χ4v) is 3.05. The van der Waals surface area contributed by atoms with Crippen molar-refractivity contribution in [2.24, 2.45) is 0 Å². The number of nitrogens with one attached hydrogen (secondary N) is 2. The minimum Gasteiger partial charge on any atom is -0.493 e. The first-order valence-corrected chi connectivity index (χ1v) is 9.60. The zero-order chi connectivity index (χ0) is 20.2. The van der Waals surface area contributed by atoms with Crippen LogP contribution in [0.1, 0.15) is 25.7 Å². The van der Waals surface area contributed by atoms with Crippen LogP contribution in [0.5, 0.6) is 11.5 Å². The van der Waals surface area contributed by atoms with Crippen molar-refractivity contribution in [3.63, 3.8) is 0 Å². The van der Waals surface area contributed by atoms with Gasteiger partial charge in [-0.25, -0.2) is 4.98 Å². The second-order valence-electron chi connectivity index (χ2n) is 7.04. The van der Waals surface area contributed by atoms with E-state index in [1.807, 2.05) is 0 Å². The number of hydrogen-bond acceptors (Lipinski definition) is 9. The van der Waals surface area contributed by atoms with Gasteiger partial charge < -0.3 is 24.8 Å². The average molecular weight is 401 g/mol. The molecule has 154 valence electrons. The molecule has 1 aromatic heterocycles. The van der Waals surface area contributed by atoms with Crippen LogP contribution >= 0.6 is 0 Å². The number of methoxy groups -OCH3 is 1. The maximum absolute atomic E-state index is 11.2. The Morgan fingerprint density at radius 1 is 1.31 bits per heavy atom. The number of hydrogen-bond donors (Lipinski definition) is 2. The van der Waals surface area contributed by atoms with E-state index < -0.39 is 4.92 Å². The summed E-state index contributed by atoms with van der Waals surface area (Å²) in [6, 6.07) is 5.60. The highest BCUT2D eigenvalue weighted by Gasteiger charge is 2.26. The van der Waals surface area contributed by atoms with Crippen molar-refractivity contribution in [3.8, 4) is 11.5 Å². The lowest BCUT2D eigenvalue weighted by atomic mass is 10.2. The Morgan fingerprint density at radius 2 is 2.17 bits per heavy atom. The molecule has 0 spiro atoms. The van der Waals surface area contributed by atoms with Crippen molar-refractivity contribution in [2.75, 3.05) is 31.0 Å². The minimum atomic E-state index is -0.487. The fraction of sp³-hybridized carbons (Fsp3) is 0.474. The van der Waals surface area contributed by atoms with Gasteiger partial charge in [-0.15, -0.1) is 0 Å². The summed E-state index contributed by atoms with van der Waals surface area (Å²) in [4.78, 5) is 19.1. The summed E-state index contributed by atoms with van der Waals surface area (Å²) in [6.07, 6.45) is 5.28. The second-order valence-corrected chi connectivity index (χ2v) is 7.04. The molecule has 1 saturated carbocycles. The Balaban J connectivity index is 1.50. The van der Waals surface area contributed by atoms with Gasteiger partial charge in [0, 0.05) is 24.4 Å². The molecule has 2 fully saturated rings. The van der Waals surface area contributed by atoms with Gasteiger partial charge in [-0.1, -0.05) is 0 Å². The van der Waals surface area contributed by atoms with Gasteiger partial charge in [-0.3, -0.25) is 10.1 Å². The van der Waals surface area contributed by atoms with E-state index in [1.165, 1.54) is 6.20 Å². The first-order valence-electron chi connectivity index (χ1n) is 9.60. The van der Waals surface area contributed by atoms with Crippen molar-refractivity contribution in [2.45, 2.75) is 37.8 Å². The molecule has 4 rings (SSSR count). The second kappa shape index (κ2) is 8.48. The van der Waals surface area contributed by atoms with Crippen molar-refractivity contribution in [1.82, 2.24) is 9.97 Å². The van der Waals surface area contributed by atoms with Crippen LogP contribution in [0, 0.1) is 10.1 Å². The molecule has 1 aliphatic carbocycles. The number of nitrogens with zero attached hydrogens (tertiary/aromatic N) is 3. The Morgan fingerprint density at radius 3 is 2.86 bits per heavy atom. The normalized spacial score (nSPS) is 18.3. The van der Waals surface area contributed by atoms with E-state index in [-0.39, 0.29) is 29.6 Å². The summed E-state index contributed by atoms with van der Waals surface area (Å²) in [5, 5.41) is 17.4. The van der Waals surface area contributed by atoms with E-state index in [1.54, 1.807) is 25.3 Å². The maximum Gasteiger partial charge on any atom is 0.329 e. The molecule has 1 aliphatic heterocycles. The molecule has 10 heteroatoms. The average Bonchev–Trinajstić information content (AvgIpc) is 3.37. The third-order valence-corrected chi connectivity index (χ3v) is 4.75. The molecule has 0 amide bonds. The Bertz CT molecular complexity index is 883. The molecule has 1 saturated heterocycles. The van der Waals surface area contributed by atoms with Crippen LogP contribution in [0.25, 0.3) is 0 Å². The highest BCUT2D eigenvalue weighted by molar-refractivity contribution is 5.63. The summed E-state index contributed by atoms with van der Waals surface area (Å²) in [6.45, 7) is 1.21. The molecule has 10 nitrogen and oxygen atoms in total. The van der Waals surface area contributed by atoms with Gasteiger partial charge in [0.25, 0.3) is 0 Å². The topological polar surface area (TPSA) is 121 Å². The van der Waals surface area contributed by atoms with Crippen LogP contribution in [0.2, 0.25) is 0 Å². The third kappa shape index (κ3) is 4.83. The van der Waals surface area contributed by atoms with Gasteiger partial charge in [0.15, 0.2) is 11.5 Å². The number of aromatic nitrogens is 2. The molecule has 1 aromatic carbocycles. The molecule has 2 N–H and O–H groups in total.